The van der Waals surface area contributed by atoms with Gasteiger partial charge in [0.1, 0.15) is 11.9 Å². The monoisotopic (exact) mass is 330 g/mol. The van der Waals surface area contributed by atoms with Crippen LogP contribution < -0.4 is 10.5 Å². The lowest BCUT2D eigenvalue weighted by molar-refractivity contribution is -0.138. The molecule has 2 atom stereocenters. The number of benzene rings is 1. The summed E-state index contributed by atoms with van der Waals surface area (Å²) in [6, 6.07) is 6.45. The summed E-state index contributed by atoms with van der Waals surface area (Å²) in [5, 5.41) is 0. The smallest absolute Gasteiger partial charge is 0.225 e. The number of ether oxygens (including phenoxy) is 1. The summed E-state index contributed by atoms with van der Waals surface area (Å²) in [5.41, 5.74) is 8.41. The number of amides is 1. The molecule has 0 radical (unpaired) electrons. The molecular formula is C20H30N2O2. The van der Waals surface area contributed by atoms with Gasteiger partial charge in [-0.25, -0.2) is 0 Å². The Labute approximate surface area is 145 Å². The van der Waals surface area contributed by atoms with Crippen LogP contribution in [-0.2, 0) is 4.79 Å². The summed E-state index contributed by atoms with van der Waals surface area (Å²) in [6.45, 7) is 5.79. The normalized spacial score (nSPS) is 25.5. The SMILES string of the molecule is Cc1cccc(C)c1OC1CCN(C(=O)[C@H]2CCC[C@H](N)C2)CC1. The maximum atomic E-state index is 12.7. The molecule has 24 heavy (non-hydrogen) atoms. The van der Waals surface area contributed by atoms with E-state index in [1.807, 2.05) is 4.90 Å². The molecule has 1 amide bonds. The summed E-state index contributed by atoms with van der Waals surface area (Å²) < 4.78 is 6.25. The molecule has 0 spiro atoms. The van der Waals surface area contributed by atoms with Gasteiger partial charge >= 0.3 is 0 Å². The van der Waals surface area contributed by atoms with Gasteiger partial charge in [0, 0.05) is 37.9 Å². The van der Waals surface area contributed by atoms with E-state index in [-0.39, 0.29) is 18.1 Å². The van der Waals surface area contributed by atoms with Crippen molar-refractivity contribution in [1.82, 2.24) is 4.90 Å². The topological polar surface area (TPSA) is 55.6 Å². The highest BCUT2D eigenvalue weighted by Gasteiger charge is 2.31. The number of para-hydroxylation sites is 1. The van der Waals surface area contributed by atoms with Crippen LogP contribution >= 0.6 is 0 Å². The molecular weight excluding hydrogens is 300 g/mol. The third-order valence-electron chi connectivity index (χ3n) is 5.51. The minimum atomic E-state index is 0.143. The summed E-state index contributed by atoms with van der Waals surface area (Å²) in [5.74, 6) is 1.47. The molecule has 2 N–H and O–H groups in total. The van der Waals surface area contributed by atoms with Gasteiger partial charge in [-0.2, -0.15) is 0 Å². The number of nitrogens with zero attached hydrogens (tertiary/aromatic N) is 1. The van der Waals surface area contributed by atoms with Crippen LogP contribution in [0.4, 0.5) is 0 Å². The molecule has 132 valence electrons. The second-order valence-electron chi connectivity index (χ2n) is 7.49. The second kappa shape index (κ2) is 7.56. The molecule has 1 saturated carbocycles. The van der Waals surface area contributed by atoms with Crippen molar-refractivity contribution in [2.75, 3.05) is 13.1 Å². The van der Waals surface area contributed by atoms with Crippen molar-refractivity contribution in [1.29, 1.82) is 0 Å². The van der Waals surface area contributed by atoms with E-state index >= 15 is 0 Å². The van der Waals surface area contributed by atoms with Gasteiger partial charge in [0.2, 0.25) is 5.91 Å². The lowest BCUT2D eigenvalue weighted by Gasteiger charge is -2.36. The third-order valence-corrected chi connectivity index (χ3v) is 5.51. The number of hydrogen-bond acceptors (Lipinski definition) is 3. The van der Waals surface area contributed by atoms with E-state index in [9.17, 15) is 4.79 Å². The van der Waals surface area contributed by atoms with Gasteiger partial charge in [0.15, 0.2) is 0 Å². The molecule has 4 heteroatoms. The van der Waals surface area contributed by atoms with Crippen LogP contribution in [-0.4, -0.2) is 36.0 Å². The molecule has 1 aliphatic carbocycles. The van der Waals surface area contributed by atoms with E-state index in [2.05, 4.69) is 32.0 Å². The Balaban J connectivity index is 1.53. The van der Waals surface area contributed by atoms with Crippen molar-refractivity contribution in [3.63, 3.8) is 0 Å². The molecule has 0 aromatic heterocycles. The Bertz CT molecular complexity index is 559. The van der Waals surface area contributed by atoms with Crippen molar-refractivity contribution in [3.05, 3.63) is 29.3 Å². The molecule has 1 saturated heterocycles. The molecule has 1 aromatic rings. The zero-order chi connectivity index (χ0) is 17.1. The van der Waals surface area contributed by atoms with Gasteiger partial charge in [-0.15, -0.1) is 0 Å². The van der Waals surface area contributed by atoms with E-state index in [4.69, 9.17) is 10.5 Å². The number of piperidine rings is 1. The average molecular weight is 330 g/mol. The third kappa shape index (κ3) is 3.92. The van der Waals surface area contributed by atoms with Gasteiger partial charge in [-0.05, 0) is 44.2 Å². The Morgan fingerprint density at radius 2 is 1.79 bits per heavy atom. The highest BCUT2D eigenvalue weighted by Crippen LogP contribution is 2.29. The highest BCUT2D eigenvalue weighted by molar-refractivity contribution is 5.79. The average Bonchev–Trinajstić information content (AvgIpc) is 2.58. The maximum Gasteiger partial charge on any atom is 0.225 e. The Morgan fingerprint density at radius 1 is 1.12 bits per heavy atom. The number of rotatable bonds is 3. The van der Waals surface area contributed by atoms with E-state index in [1.54, 1.807) is 0 Å². The Kier molecular flexibility index (Phi) is 5.44. The summed E-state index contributed by atoms with van der Waals surface area (Å²) in [6.07, 6.45) is 6.06. The van der Waals surface area contributed by atoms with Crippen LogP contribution in [0.5, 0.6) is 5.75 Å². The van der Waals surface area contributed by atoms with Gasteiger partial charge < -0.3 is 15.4 Å². The number of carbonyl (C=O) groups is 1. The van der Waals surface area contributed by atoms with Crippen LogP contribution in [0.2, 0.25) is 0 Å². The molecule has 0 unspecified atom stereocenters. The highest BCUT2D eigenvalue weighted by atomic mass is 16.5. The molecule has 1 aliphatic heterocycles. The fourth-order valence-corrected chi connectivity index (χ4v) is 4.06. The van der Waals surface area contributed by atoms with Gasteiger partial charge in [-0.3, -0.25) is 4.79 Å². The lowest BCUT2D eigenvalue weighted by atomic mass is 9.85. The molecule has 1 aromatic carbocycles. The summed E-state index contributed by atoms with van der Waals surface area (Å²) in [4.78, 5) is 14.7. The van der Waals surface area contributed by atoms with Crippen molar-refractivity contribution < 1.29 is 9.53 Å². The van der Waals surface area contributed by atoms with E-state index in [0.29, 0.717) is 5.91 Å². The van der Waals surface area contributed by atoms with Gasteiger partial charge in [0.25, 0.3) is 0 Å². The predicted molar refractivity (Wildman–Crippen MR) is 96.1 cm³/mol. The second-order valence-corrected chi connectivity index (χ2v) is 7.49. The fourth-order valence-electron chi connectivity index (χ4n) is 4.06. The number of hydrogen-bond donors (Lipinski definition) is 1. The van der Waals surface area contributed by atoms with Crippen molar-refractivity contribution >= 4 is 5.91 Å². The number of carbonyl (C=O) groups excluding carboxylic acids is 1. The number of likely N-dealkylation sites (tertiary alicyclic amines) is 1. The first-order chi connectivity index (χ1) is 11.5. The molecule has 1 heterocycles. The van der Waals surface area contributed by atoms with Crippen LogP contribution in [0.3, 0.4) is 0 Å². The zero-order valence-electron chi connectivity index (χ0n) is 15.0. The van der Waals surface area contributed by atoms with Gasteiger partial charge in [0.05, 0.1) is 0 Å². The fraction of sp³-hybridized carbons (Fsp3) is 0.650. The van der Waals surface area contributed by atoms with Crippen molar-refractivity contribution in [2.45, 2.75) is 64.5 Å². The zero-order valence-corrected chi connectivity index (χ0v) is 15.0. The standard InChI is InChI=1S/C20H30N2O2/c1-14-5-3-6-15(2)19(14)24-18-9-11-22(12-10-18)20(23)16-7-4-8-17(21)13-16/h3,5-6,16-18H,4,7-13,21H2,1-2H3/t16-,17-/m0/s1. The lowest BCUT2D eigenvalue weighted by Crippen LogP contribution is -2.46. The first kappa shape index (κ1) is 17.3. The summed E-state index contributed by atoms with van der Waals surface area (Å²) in [7, 11) is 0. The quantitative estimate of drug-likeness (QED) is 0.926. The minimum Gasteiger partial charge on any atom is -0.490 e. The Hall–Kier alpha value is -1.55. The van der Waals surface area contributed by atoms with Crippen molar-refractivity contribution in [3.8, 4) is 5.75 Å². The van der Waals surface area contributed by atoms with E-state index in [1.165, 1.54) is 11.1 Å². The first-order valence-corrected chi connectivity index (χ1v) is 9.32. The molecule has 4 nitrogen and oxygen atoms in total. The van der Waals surface area contributed by atoms with Crippen LogP contribution in [0.1, 0.15) is 49.7 Å². The Morgan fingerprint density at radius 3 is 2.42 bits per heavy atom. The minimum absolute atomic E-state index is 0.143. The number of aryl methyl sites for hydroxylation is 2. The van der Waals surface area contributed by atoms with Crippen LogP contribution in [0.25, 0.3) is 0 Å². The van der Waals surface area contributed by atoms with Crippen molar-refractivity contribution in [2.24, 2.45) is 11.7 Å². The number of nitrogens with two attached hydrogens (primary N) is 1. The van der Waals surface area contributed by atoms with Gasteiger partial charge in [-0.1, -0.05) is 24.6 Å². The molecule has 2 aliphatic rings. The van der Waals surface area contributed by atoms with Crippen LogP contribution in [0, 0.1) is 19.8 Å². The van der Waals surface area contributed by atoms with E-state index in [0.717, 1.165) is 57.4 Å². The predicted octanol–water partition coefficient (Wildman–Crippen LogP) is 3.19. The first-order valence-electron chi connectivity index (χ1n) is 9.32. The molecule has 2 fully saturated rings. The summed E-state index contributed by atoms with van der Waals surface area (Å²) >= 11 is 0. The van der Waals surface area contributed by atoms with E-state index < -0.39 is 0 Å². The van der Waals surface area contributed by atoms with Crippen LogP contribution in [0.15, 0.2) is 18.2 Å². The largest absolute Gasteiger partial charge is 0.490 e. The molecule has 3 rings (SSSR count). The molecule has 0 bridgehead atoms. The maximum absolute atomic E-state index is 12.7.